The Bertz CT molecular complexity index is 867. The van der Waals surface area contributed by atoms with Crippen molar-refractivity contribution in [2.24, 2.45) is 5.92 Å². The van der Waals surface area contributed by atoms with Crippen LogP contribution in [0.15, 0.2) is 48.5 Å². The van der Waals surface area contributed by atoms with Gasteiger partial charge in [0.15, 0.2) is 0 Å². The predicted octanol–water partition coefficient (Wildman–Crippen LogP) is 2.60. The number of ether oxygens (including phenoxy) is 1. The molecule has 2 aromatic carbocycles. The Morgan fingerprint density at radius 1 is 1.27 bits per heavy atom. The molecule has 0 saturated carbocycles. The van der Waals surface area contributed by atoms with Gasteiger partial charge in [0.2, 0.25) is 11.8 Å². The maximum atomic E-state index is 12.5. The Hall–Kier alpha value is -3.42. The molecule has 0 aromatic heterocycles. The number of nitrogens with one attached hydrogen (secondary N) is 1. The summed E-state index contributed by atoms with van der Waals surface area (Å²) in [5.41, 5.74) is 0.832. The lowest BCUT2D eigenvalue weighted by Crippen LogP contribution is -2.28. The molecule has 1 fully saturated rings. The molecule has 1 heterocycles. The van der Waals surface area contributed by atoms with Gasteiger partial charge in [0.1, 0.15) is 5.75 Å². The Labute approximate surface area is 149 Å². The Kier molecular flexibility index (Phi) is 4.83. The highest BCUT2D eigenvalue weighted by Crippen LogP contribution is 2.33. The molecule has 0 bridgehead atoms. The van der Waals surface area contributed by atoms with Crippen molar-refractivity contribution in [1.29, 1.82) is 0 Å². The van der Waals surface area contributed by atoms with E-state index in [9.17, 15) is 19.7 Å². The van der Waals surface area contributed by atoms with Crippen LogP contribution < -0.4 is 15.0 Å². The zero-order valence-corrected chi connectivity index (χ0v) is 14.0. The van der Waals surface area contributed by atoms with Gasteiger partial charge in [-0.2, -0.15) is 0 Å². The number of anilines is 2. The molecule has 3 rings (SSSR count). The summed E-state index contributed by atoms with van der Waals surface area (Å²) in [5, 5.41) is 13.5. The van der Waals surface area contributed by atoms with E-state index >= 15 is 0 Å². The predicted molar refractivity (Wildman–Crippen MR) is 95.2 cm³/mol. The average molecular weight is 355 g/mol. The quantitative estimate of drug-likeness (QED) is 0.656. The fourth-order valence-corrected chi connectivity index (χ4v) is 2.91. The normalized spacial score (nSPS) is 16.4. The molecule has 1 unspecified atom stereocenters. The molecule has 2 amide bonds. The number of hydrogen-bond donors (Lipinski definition) is 1. The first-order valence-corrected chi connectivity index (χ1v) is 7.98. The number of non-ortho nitro benzene ring substituents is 1. The van der Waals surface area contributed by atoms with E-state index < -0.39 is 10.8 Å². The van der Waals surface area contributed by atoms with Crippen molar-refractivity contribution >= 4 is 28.9 Å². The Morgan fingerprint density at radius 2 is 2.04 bits per heavy atom. The van der Waals surface area contributed by atoms with Gasteiger partial charge in [0, 0.05) is 30.8 Å². The number of para-hydroxylation sites is 2. The molecule has 1 N–H and O–H groups in total. The van der Waals surface area contributed by atoms with E-state index in [1.807, 2.05) is 0 Å². The second-order valence-electron chi connectivity index (χ2n) is 5.87. The van der Waals surface area contributed by atoms with E-state index in [0.29, 0.717) is 17.1 Å². The number of rotatable bonds is 5. The zero-order valence-electron chi connectivity index (χ0n) is 14.0. The van der Waals surface area contributed by atoms with E-state index in [1.54, 1.807) is 30.3 Å². The SMILES string of the molecule is COc1ccccc1N1CC(C(=O)Nc2cccc([N+](=O)[O-])c2)CC1=O. The number of benzene rings is 2. The topological polar surface area (TPSA) is 102 Å². The maximum absolute atomic E-state index is 12.5. The third kappa shape index (κ3) is 3.49. The summed E-state index contributed by atoms with van der Waals surface area (Å²) in [5.74, 6) is -0.516. The first-order chi connectivity index (χ1) is 12.5. The second kappa shape index (κ2) is 7.22. The number of amides is 2. The molecular formula is C18H17N3O5. The molecule has 8 heteroatoms. The molecule has 0 spiro atoms. The maximum Gasteiger partial charge on any atom is 0.271 e. The number of carbonyl (C=O) groups is 2. The summed E-state index contributed by atoms with van der Waals surface area (Å²) < 4.78 is 5.27. The van der Waals surface area contributed by atoms with E-state index in [4.69, 9.17) is 4.74 Å². The largest absolute Gasteiger partial charge is 0.495 e. The molecule has 1 aliphatic heterocycles. The highest BCUT2D eigenvalue weighted by atomic mass is 16.6. The van der Waals surface area contributed by atoms with Gasteiger partial charge < -0.3 is 15.0 Å². The molecule has 1 aliphatic rings. The molecule has 2 aromatic rings. The third-order valence-corrected chi connectivity index (χ3v) is 4.20. The van der Waals surface area contributed by atoms with Crippen LogP contribution in [0.3, 0.4) is 0 Å². The van der Waals surface area contributed by atoms with Crippen LogP contribution in [0.4, 0.5) is 17.1 Å². The monoisotopic (exact) mass is 355 g/mol. The number of hydrogen-bond acceptors (Lipinski definition) is 5. The Balaban J connectivity index is 1.73. The van der Waals surface area contributed by atoms with Gasteiger partial charge >= 0.3 is 0 Å². The van der Waals surface area contributed by atoms with Gasteiger partial charge in [-0.1, -0.05) is 18.2 Å². The molecule has 0 aliphatic carbocycles. The lowest BCUT2D eigenvalue weighted by Gasteiger charge is -2.19. The fraction of sp³-hybridized carbons (Fsp3) is 0.222. The molecular weight excluding hydrogens is 338 g/mol. The van der Waals surface area contributed by atoms with Crippen LogP contribution >= 0.6 is 0 Å². The van der Waals surface area contributed by atoms with Crippen LogP contribution in [0.2, 0.25) is 0 Å². The van der Waals surface area contributed by atoms with Crippen LogP contribution in [-0.4, -0.2) is 30.4 Å². The van der Waals surface area contributed by atoms with Crippen LogP contribution in [0.25, 0.3) is 0 Å². The highest BCUT2D eigenvalue weighted by Gasteiger charge is 2.36. The van der Waals surface area contributed by atoms with E-state index in [2.05, 4.69) is 5.32 Å². The second-order valence-corrected chi connectivity index (χ2v) is 5.87. The van der Waals surface area contributed by atoms with Crippen molar-refractivity contribution in [2.45, 2.75) is 6.42 Å². The van der Waals surface area contributed by atoms with Crippen LogP contribution in [0, 0.1) is 16.0 Å². The first-order valence-electron chi connectivity index (χ1n) is 7.98. The lowest BCUT2D eigenvalue weighted by atomic mass is 10.1. The lowest BCUT2D eigenvalue weighted by molar-refractivity contribution is -0.384. The fourth-order valence-electron chi connectivity index (χ4n) is 2.91. The average Bonchev–Trinajstić information content (AvgIpc) is 3.03. The van der Waals surface area contributed by atoms with Crippen molar-refractivity contribution < 1.29 is 19.2 Å². The van der Waals surface area contributed by atoms with Gasteiger partial charge in [0.05, 0.1) is 23.6 Å². The Morgan fingerprint density at radius 3 is 2.77 bits per heavy atom. The number of nitrogens with zero attached hydrogens (tertiary/aromatic N) is 2. The standard InChI is InChI=1S/C18H17N3O5/c1-26-16-8-3-2-7-15(16)20-11-12(9-17(20)22)18(23)19-13-5-4-6-14(10-13)21(24)25/h2-8,10,12H,9,11H2,1H3,(H,19,23). The van der Waals surface area contributed by atoms with Crippen molar-refractivity contribution in [3.63, 3.8) is 0 Å². The summed E-state index contributed by atoms with van der Waals surface area (Å²) >= 11 is 0. The molecule has 26 heavy (non-hydrogen) atoms. The molecule has 134 valence electrons. The minimum Gasteiger partial charge on any atom is -0.495 e. The smallest absolute Gasteiger partial charge is 0.271 e. The van der Waals surface area contributed by atoms with E-state index in [1.165, 1.54) is 30.2 Å². The number of methoxy groups -OCH3 is 1. The van der Waals surface area contributed by atoms with Crippen LogP contribution in [-0.2, 0) is 9.59 Å². The van der Waals surface area contributed by atoms with Crippen molar-refractivity contribution in [1.82, 2.24) is 0 Å². The highest BCUT2D eigenvalue weighted by molar-refractivity contribution is 6.04. The summed E-state index contributed by atoms with van der Waals surface area (Å²) in [6.07, 6.45) is 0.0683. The molecule has 1 saturated heterocycles. The number of nitro groups is 1. The number of nitro benzene ring substituents is 1. The summed E-state index contributed by atoms with van der Waals surface area (Å²) in [4.78, 5) is 36.7. The van der Waals surface area contributed by atoms with Gasteiger partial charge in [-0.25, -0.2) is 0 Å². The van der Waals surface area contributed by atoms with Crippen molar-refractivity contribution in [3.8, 4) is 5.75 Å². The van der Waals surface area contributed by atoms with Crippen molar-refractivity contribution in [2.75, 3.05) is 23.9 Å². The van der Waals surface area contributed by atoms with Gasteiger partial charge in [-0.05, 0) is 18.2 Å². The van der Waals surface area contributed by atoms with Gasteiger partial charge in [-0.3, -0.25) is 19.7 Å². The molecule has 8 nitrogen and oxygen atoms in total. The number of carbonyl (C=O) groups excluding carboxylic acids is 2. The summed E-state index contributed by atoms with van der Waals surface area (Å²) in [6.45, 7) is 0.222. The minimum atomic E-state index is -0.549. The summed E-state index contributed by atoms with van der Waals surface area (Å²) in [7, 11) is 1.52. The molecule has 0 radical (unpaired) electrons. The van der Waals surface area contributed by atoms with E-state index in [-0.39, 0.29) is 30.5 Å². The van der Waals surface area contributed by atoms with E-state index in [0.717, 1.165) is 0 Å². The first kappa shape index (κ1) is 17.4. The summed E-state index contributed by atoms with van der Waals surface area (Å²) in [6, 6.07) is 12.8. The third-order valence-electron chi connectivity index (χ3n) is 4.20. The minimum absolute atomic E-state index is 0.0683. The van der Waals surface area contributed by atoms with Gasteiger partial charge in [-0.15, -0.1) is 0 Å². The zero-order chi connectivity index (χ0) is 18.7. The molecule has 1 atom stereocenters. The van der Waals surface area contributed by atoms with Gasteiger partial charge in [0.25, 0.3) is 5.69 Å². The van der Waals surface area contributed by atoms with Crippen molar-refractivity contribution in [3.05, 3.63) is 58.6 Å². The van der Waals surface area contributed by atoms with Crippen LogP contribution in [0.5, 0.6) is 5.75 Å². The van der Waals surface area contributed by atoms with Crippen LogP contribution in [0.1, 0.15) is 6.42 Å².